The van der Waals surface area contributed by atoms with Crippen LogP contribution in [0.15, 0.2) is 18.2 Å². The number of aliphatic hydroxyl groups is 1. The van der Waals surface area contributed by atoms with E-state index in [-0.39, 0.29) is 18.8 Å². The summed E-state index contributed by atoms with van der Waals surface area (Å²) in [5.74, 6) is -1.38. The highest BCUT2D eigenvalue weighted by atomic mass is 19.1. The number of rotatable bonds is 11. The first kappa shape index (κ1) is 17.8. The summed E-state index contributed by atoms with van der Waals surface area (Å²) in [6, 6.07) is 3.60. The second kappa shape index (κ2) is 10.5. The molecule has 21 heavy (non-hydrogen) atoms. The number of halogens is 2. The van der Waals surface area contributed by atoms with Gasteiger partial charge in [-0.05, 0) is 18.6 Å². The molecule has 0 heterocycles. The lowest BCUT2D eigenvalue weighted by molar-refractivity contribution is 0.00746. The summed E-state index contributed by atoms with van der Waals surface area (Å²) in [7, 11) is 0. The molecule has 1 aromatic carbocycles. The number of unbranched alkanes of at least 4 members (excludes halogenated alkanes) is 1. The predicted octanol–water partition coefficient (Wildman–Crippen LogP) is 2.57. The van der Waals surface area contributed by atoms with Crippen molar-refractivity contribution in [3.63, 3.8) is 0 Å². The molecule has 4 nitrogen and oxygen atoms in total. The van der Waals surface area contributed by atoms with E-state index in [4.69, 9.17) is 9.47 Å². The number of hydrogen-bond donors (Lipinski definition) is 2. The van der Waals surface area contributed by atoms with Crippen LogP contribution in [0.4, 0.5) is 14.5 Å². The summed E-state index contributed by atoms with van der Waals surface area (Å²) in [5.41, 5.74) is -0.237. The second-order valence-corrected chi connectivity index (χ2v) is 4.67. The van der Waals surface area contributed by atoms with Crippen LogP contribution in [0.3, 0.4) is 0 Å². The number of hydrogen-bond acceptors (Lipinski definition) is 4. The van der Waals surface area contributed by atoms with E-state index in [2.05, 4.69) is 12.2 Å². The molecule has 0 amide bonds. The van der Waals surface area contributed by atoms with Crippen molar-refractivity contribution >= 4 is 5.69 Å². The summed E-state index contributed by atoms with van der Waals surface area (Å²) in [6.45, 7) is 3.74. The quantitative estimate of drug-likeness (QED) is 0.617. The van der Waals surface area contributed by atoms with Crippen LogP contribution in [-0.4, -0.2) is 44.2 Å². The molecule has 0 spiro atoms. The van der Waals surface area contributed by atoms with Crippen molar-refractivity contribution in [1.82, 2.24) is 0 Å². The van der Waals surface area contributed by atoms with Crippen molar-refractivity contribution in [2.24, 2.45) is 0 Å². The van der Waals surface area contributed by atoms with Gasteiger partial charge in [0.2, 0.25) is 0 Å². The molecule has 2 N–H and O–H groups in total. The third-order valence-corrected chi connectivity index (χ3v) is 2.80. The van der Waals surface area contributed by atoms with Crippen molar-refractivity contribution in [2.45, 2.75) is 25.9 Å². The standard InChI is InChI=1S/C15H23F2NO3/c1-2-3-7-20-8-9-21-11-12(19)10-18-15-13(16)5-4-6-14(15)17/h4-6,12,18-19H,2-3,7-11H2,1H3. The lowest BCUT2D eigenvalue weighted by atomic mass is 10.2. The molecule has 1 rings (SSSR count). The largest absolute Gasteiger partial charge is 0.389 e. The first-order chi connectivity index (χ1) is 10.1. The molecule has 0 aliphatic rings. The monoisotopic (exact) mass is 303 g/mol. The van der Waals surface area contributed by atoms with Gasteiger partial charge in [0, 0.05) is 13.2 Å². The molecule has 0 saturated heterocycles. The van der Waals surface area contributed by atoms with Crippen molar-refractivity contribution in [1.29, 1.82) is 0 Å². The van der Waals surface area contributed by atoms with Crippen LogP contribution in [0.25, 0.3) is 0 Å². The maximum absolute atomic E-state index is 13.3. The number of anilines is 1. The molecule has 0 aromatic heterocycles. The number of nitrogens with one attached hydrogen (secondary N) is 1. The van der Waals surface area contributed by atoms with Gasteiger partial charge in [0.1, 0.15) is 17.3 Å². The SMILES string of the molecule is CCCCOCCOCC(O)CNc1c(F)cccc1F. The molecule has 1 atom stereocenters. The zero-order valence-electron chi connectivity index (χ0n) is 12.3. The van der Waals surface area contributed by atoms with E-state index in [1.54, 1.807) is 0 Å². The van der Waals surface area contributed by atoms with E-state index in [1.165, 1.54) is 6.07 Å². The van der Waals surface area contributed by atoms with Crippen LogP contribution in [0, 0.1) is 11.6 Å². The van der Waals surface area contributed by atoms with Gasteiger partial charge in [0.25, 0.3) is 0 Å². The summed E-state index contributed by atoms with van der Waals surface area (Å²) >= 11 is 0. The molecule has 0 aliphatic carbocycles. The van der Waals surface area contributed by atoms with Crippen LogP contribution in [0.2, 0.25) is 0 Å². The lowest BCUT2D eigenvalue weighted by Crippen LogP contribution is -2.26. The van der Waals surface area contributed by atoms with Crippen LogP contribution < -0.4 is 5.32 Å². The van der Waals surface area contributed by atoms with E-state index in [0.29, 0.717) is 19.8 Å². The smallest absolute Gasteiger partial charge is 0.149 e. The Kier molecular flexibility index (Phi) is 8.89. The molecule has 120 valence electrons. The highest BCUT2D eigenvalue weighted by Gasteiger charge is 2.10. The number of aliphatic hydroxyl groups excluding tert-OH is 1. The summed E-state index contributed by atoms with van der Waals surface area (Å²) < 4.78 is 37.2. The van der Waals surface area contributed by atoms with Gasteiger partial charge >= 0.3 is 0 Å². The summed E-state index contributed by atoms with van der Waals surface area (Å²) in [4.78, 5) is 0. The zero-order chi connectivity index (χ0) is 15.5. The maximum atomic E-state index is 13.3. The Morgan fingerprint density at radius 3 is 2.48 bits per heavy atom. The Labute approximate surface area is 124 Å². The molecule has 1 unspecified atom stereocenters. The average molecular weight is 303 g/mol. The minimum atomic E-state index is -0.848. The molecule has 0 bridgehead atoms. The molecule has 0 aliphatic heterocycles. The Hall–Kier alpha value is -1.24. The van der Waals surface area contributed by atoms with Gasteiger partial charge in [-0.25, -0.2) is 8.78 Å². The van der Waals surface area contributed by atoms with E-state index in [9.17, 15) is 13.9 Å². The molecule has 6 heteroatoms. The first-order valence-electron chi connectivity index (χ1n) is 7.16. The Bertz CT molecular complexity index is 384. The minimum Gasteiger partial charge on any atom is -0.389 e. The second-order valence-electron chi connectivity index (χ2n) is 4.67. The zero-order valence-corrected chi connectivity index (χ0v) is 12.3. The summed E-state index contributed by atoms with van der Waals surface area (Å²) in [6.07, 6.45) is 1.25. The third kappa shape index (κ3) is 7.36. The van der Waals surface area contributed by atoms with Crippen LogP contribution in [-0.2, 0) is 9.47 Å². The highest BCUT2D eigenvalue weighted by Crippen LogP contribution is 2.17. The fourth-order valence-corrected chi connectivity index (χ4v) is 1.63. The molecule has 0 radical (unpaired) electrons. The van der Waals surface area contributed by atoms with Gasteiger partial charge in [0.15, 0.2) is 0 Å². The average Bonchev–Trinajstić information content (AvgIpc) is 2.46. The maximum Gasteiger partial charge on any atom is 0.149 e. The van der Waals surface area contributed by atoms with Crippen molar-refractivity contribution in [3.05, 3.63) is 29.8 Å². The fourth-order valence-electron chi connectivity index (χ4n) is 1.63. The van der Waals surface area contributed by atoms with Gasteiger partial charge in [-0.3, -0.25) is 0 Å². The third-order valence-electron chi connectivity index (χ3n) is 2.80. The van der Waals surface area contributed by atoms with Gasteiger partial charge in [-0.15, -0.1) is 0 Å². The minimum absolute atomic E-state index is 0.00848. The normalized spacial score (nSPS) is 12.4. The van der Waals surface area contributed by atoms with Crippen molar-refractivity contribution < 1.29 is 23.4 Å². The van der Waals surface area contributed by atoms with Gasteiger partial charge < -0.3 is 19.9 Å². The van der Waals surface area contributed by atoms with Crippen molar-refractivity contribution in [3.8, 4) is 0 Å². The van der Waals surface area contributed by atoms with Gasteiger partial charge in [-0.1, -0.05) is 19.4 Å². The first-order valence-corrected chi connectivity index (χ1v) is 7.16. The van der Waals surface area contributed by atoms with Gasteiger partial charge in [0.05, 0.1) is 25.9 Å². The van der Waals surface area contributed by atoms with E-state index < -0.39 is 17.7 Å². The van der Waals surface area contributed by atoms with E-state index in [0.717, 1.165) is 25.0 Å². The Morgan fingerprint density at radius 1 is 1.14 bits per heavy atom. The van der Waals surface area contributed by atoms with Crippen LogP contribution in [0.1, 0.15) is 19.8 Å². The van der Waals surface area contributed by atoms with Crippen LogP contribution in [0.5, 0.6) is 0 Å². The van der Waals surface area contributed by atoms with Crippen LogP contribution >= 0.6 is 0 Å². The lowest BCUT2D eigenvalue weighted by Gasteiger charge is -2.14. The Morgan fingerprint density at radius 2 is 1.81 bits per heavy atom. The highest BCUT2D eigenvalue weighted by molar-refractivity contribution is 5.46. The van der Waals surface area contributed by atoms with Crippen molar-refractivity contribution in [2.75, 3.05) is 38.3 Å². The Balaban J connectivity index is 2.12. The molecule has 0 saturated carbocycles. The molecular formula is C15H23F2NO3. The molecule has 1 aromatic rings. The van der Waals surface area contributed by atoms with E-state index >= 15 is 0 Å². The predicted molar refractivity (Wildman–Crippen MR) is 77.4 cm³/mol. The topological polar surface area (TPSA) is 50.7 Å². The number of para-hydroxylation sites is 1. The molecule has 0 fully saturated rings. The number of benzene rings is 1. The summed E-state index contributed by atoms with van der Waals surface area (Å²) in [5, 5.41) is 12.2. The molecular weight excluding hydrogens is 280 g/mol. The fraction of sp³-hybridized carbons (Fsp3) is 0.600. The van der Waals surface area contributed by atoms with E-state index in [1.807, 2.05) is 0 Å². The number of ether oxygens (including phenoxy) is 2. The van der Waals surface area contributed by atoms with Gasteiger partial charge in [-0.2, -0.15) is 0 Å².